The Bertz CT molecular complexity index is 1870. The molecule has 0 spiro atoms. The molecule has 3 N–H and O–H groups in total. The van der Waals surface area contributed by atoms with Crippen LogP contribution in [0.1, 0.15) is 32.1 Å². The first-order valence-corrected chi connectivity index (χ1v) is 13.6. The van der Waals surface area contributed by atoms with Gasteiger partial charge in [0.15, 0.2) is 0 Å². The van der Waals surface area contributed by atoms with Crippen molar-refractivity contribution in [3.8, 4) is 33.6 Å². The Morgan fingerprint density at radius 3 is 2.58 bits per heavy atom. The molecular weight excluding hydrogens is 503 g/mol. The van der Waals surface area contributed by atoms with Crippen molar-refractivity contribution in [1.82, 2.24) is 25.1 Å². The van der Waals surface area contributed by atoms with Crippen molar-refractivity contribution in [2.75, 3.05) is 5.32 Å². The number of aromatic nitrogens is 5. The molecule has 1 amide bonds. The summed E-state index contributed by atoms with van der Waals surface area (Å²) in [6.45, 7) is 0. The van der Waals surface area contributed by atoms with Crippen molar-refractivity contribution in [3.63, 3.8) is 0 Å². The van der Waals surface area contributed by atoms with Gasteiger partial charge >= 0.3 is 0 Å². The maximum atomic E-state index is 13.9. The monoisotopic (exact) mass is 530 g/mol. The minimum Gasteiger partial charge on any atom is -0.352 e. The van der Waals surface area contributed by atoms with Crippen molar-refractivity contribution in [1.29, 1.82) is 0 Å². The molecule has 0 radical (unpaired) electrons. The molecule has 1 aliphatic carbocycles. The highest BCUT2D eigenvalue weighted by Crippen LogP contribution is 2.35. The van der Waals surface area contributed by atoms with Crippen LogP contribution in [-0.4, -0.2) is 31.1 Å². The first kappa shape index (κ1) is 24.2. The molecule has 4 aromatic heterocycles. The number of anilines is 1. The lowest BCUT2D eigenvalue weighted by Crippen LogP contribution is -2.24. The van der Waals surface area contributed by atoms with Gasteiger partial charge in [0.25, 0.3) is 0 Å². The van der Waals surface area contributed by atoms with Crippen LogP contribution >= 0.6 is 0 Å². The molecule has 0 aliphatic heterocycles. The summed E-state index contributed by atoms with van der Waals surface area (Å²) in [4.78, 5) is 25.0. The number of amides is 1. The molecule has 0 bridgehead atoms. The summed E-state index contributed by atoms with van der Waals surface area (Å²) in [6, 6.07) is 16.6. The van der Waals surface area contributed by atoms with E-state index in [-0.39, 0.29) is 17.6 Å². The molecule has 1 aliphatic rings. The van der Waals surface area contributed by atoms with Crippen molar-refractivity contribution < 1.29 is 9.18 Å². The molecule has 0 unspecified atom stereocenters. The number of rotatable bonds is 5. The average molecular weight is 531 g/mol. The first-order chi connectivity index (χ1) is 19.6. The van der Waals surface area contributed by atoms with Gasteiger partial charge in [-0.25, -0.2) is 4.39 Å². The summed E-state index contributed by atoms with van der Waals surface area (Å²) in [5, 5.41) is 12.7. The number of pyridine rings is 2. The van der Waals surface area contributed by atoms with Crippen LogP contribution < -0.4 is 5.32 Å². The van der Waals surface area contributed by atoms with E-state index in [4.69, 9.17) is 0 Å². The number of fused-ring (bicyclic) bond motifs is 2. The van der Waals surface area contributed by atoms with Crippen molar-refractivity contribution in [3.05, 3.63) is 85.2 Å². The van der Waals surface area contributed by atoms with E-state index < -0.39 is 0 Å². The highest BCUT2D eigenvalue weighted by Gasteiger charge is 2.21. The summed E-state index contributed by atoms with van der Waals surface area (Å²) in [5.41, 5.74) is 7.53. The fourth-order valence-corrected chi connectivity index (χ4v) is 5.74. The molecule has 7 nitrogen and oxygen atoms in total. The molecule has 2 aromatic carbocycles. The van der Waals surface area contributed by atoms with E-state index in [1.54, 1.807) is 30.9 Å². The third-order valence-corrected chi connectivity index (χ3v) is 7.81. The van der Waals surface area contributed by atoms with Crippen molar-refractivity contribution >= 4 is 33.4 Å². The summed E-state index contributed by atoms with van der Waals surface area (Å²) >= 11 is 0. The molecule has 0 atom stereocenters. The fourth-order valence-electron chi connectivity index (χ4n) is 5.74. The Hall–Kier alpha value is -4.85. The lowest BCUT2D eigenvalue weighted by atomic mass is 9.88. The van der Waals surface area contributed by atoms with Gasteiger partial charge in [0.1, 0.15) is 11.5 Å². The predicted octanol–water partition coefficient (Wildman–Crippen LogP) is 7.49. The SMILES string of the molecule is O=C(Nc1cncc(-c2ccc3[nH]nc(-c4cc5c(-c6cccc(F)c6)cncc5[nH]4)c3c2)c1)C1CCCCC1. The molecular formula is C32H27FN6O. The van der Waals surface area contributed by atoms with Crippen LogP contribution in [0.2, 0.25) is 0 Å². The number of hydrogen-bond acceptors (Lipinski definition) is 4. The third kappa shape index (κ3) is 4.51. The smallest absolute Gasteiger partial charge is 0.227 e. The average Bonchev–Trinajstić information content (AvgIpc) is 3.61. The lowest BCUT2D eigenvalue weighted by molar-refractivity contribution is -0.120. The standard InChI is InChI=1S/C32H27FN6O/c33-23-8-4-7-21(11-23)27-17-35-18-30-25(27)14-29(37-30)31-26-13-20(9-10-28(26)38-39-31)22-12-24(16-34-15-22)36-32(40)19-5-2-1-3-6-19/h4,7-19,37H,1-3,5-6H2,(H,36,40)(H,38,39). The minimum absolute atomic E-state index is 0.0789. The molecule has 8 heteroatoms. The van der Waals surface area contributed by atoms with Gasteiger partial charge in [-0.05, 0) is 60.4 Å². The van der Waals surface area contributed by atoms with Crippen LogP contribution in [0.3, 0.4) is 0 Å². The maximum absolute atomic E-state index is 13.9. The van der Waals surface area contributed by atoms with Gasteiger partial charge in [-0.2, -0.15) is 5.10 Å². The van der Waals surface area contributed by atoms with Crippen LogP contribution in [-0.2, 0) is 4.79 Å². The van der Waals surface area contributed by atoms with Gasteiger partial charge in [0.05, 0.1) is 34.8 Å². The molecule has 40 heavy (non-hydrogen) atoms. The first-order valence-electron chi connectivity index (χ1n) is 13.6. The van der Waals surface area contributed by atoms with E-state index in [0.717, 1.165) is 81.1 Å². The van der Waals surface area contributed by atoms with Crippen LogP contribution in [0.5, 0.6) is 0 Å². The number of carbonyl (C=O) groups excluding carboxylic acids is 1. The number of hydrogen-bond donors (Lipinski definition) is 3. The summed E-state index contributed by atoms with van der Waals surface area (Å²) < 4.78 is 13.9. The van der Waals surface area contributed by atoms with Gasteiger partial charge in [-0.1, -0.05) is 37.5 Å². The second-order valence-electron chi connectivity index (χ2n) is 10.5. The van der Waals surface area contributed by atoms with E-state index in [0.29, 0.717) is 5.69 Å². The fraction of sp³-hybridized carbons (Fsp3) is 0.188. The Morgan fingerprint density at radius 2 is 1.70 bits per heavy atom. The normalized spacial score (nSPS) is 14.1. The van der Waals surface area contributed by atoms with E-state index in [9.17, 15) is 9.18 Å². The van der Waals surface area contributed by atoms with E-state index in [1.165, 1.54) is 18.6 Å². The van der Waals surface area contributed by atoms with E-state index in [2.05, 4.69) is 36.5 Å². The molecule has 1 fully saturated rings. The summed E-state index contributed by atoms with van der Waals surface area (Å²) in [6.07, 6.45) is 12.4. The predicted molar refractivity (Wildman–Crippen MR) is 155 cm³/mol. The number of benzene rings is 2. The molecule has 6 aromatic rings. The molecule has 198 valence electrons. The molecule has 4 heterocycles. The number of halogens is 1. The zero-order valence-corrected chi connectivity index (χ0v) is 21.7. The highest BCUT2D eigenvalue weighted by molar-refractivity contribution is 6.01. The number of carbonyl (C=O) groups is 1. The summed E-state index contributed by atoms with van der Waals surface area (Å²) in [5.74, 6) is -0.129. The topological polar surface area (TPSA) is 99.3 Å². The number of aromatic amines is 2. The Labute approximate surface area is 229 Å². The van der Waals surface area contributed by atoms with E-state index in [1.807, 2.05) is 30.3 Å². The third-order valence-electron chi connectivity index (χ3n) is 7.81. The van der Waals surface area contributed by atoms with E-state index >= 15 is 0 Å². The molecule has 0 saturated heterocycles. The second-order valence-corrected chi connectivity index (χ2v) is 10.5. The number of nitrogens with one attached hydrogen (secondary N) is 3. The van der Waals surface area contributed by atoms with Gasteiger partial charge in [-0.3, -0.25) is 19.9 Å². The molecule has 1 saturated carbocycles. The highest BCUT2D eigenvalue weighted by atomic mass is 19.1. The van der Waals surface area contributed by atoms with Gasteiger partial charge < -0.3 is 10.3 Å². The quantitative estimate of drug-likeness (QED) is 0.215. The Kier molecular flexibility index (Phi) is 6.07. The molecule has 7 rings (SSSR count). The lowest BCUT2D eigenvalue weighted by Gasteiger charge is -2.20. The van der Waals surface area contributed by atoms with Crippen LogP contribution in [0.15, 0.2) is 79.4 Å². The zero-order valence-electron chi connectivity index (χ0n) is 21.7. The summed E-state index contributed by atoms with van der Waals surface area (Å²) in [7, 11) is 0. The Morgan fingerprint density at radius 1 is 0.825 bits per heavy atom. The van der Waals surface area contributed by atoms with Crippen molar-refractivity contribution in [2.45, 2.75) is 32.1 Å². The van der Waals surface area contributed by atoms with Gasteiger partial charge in [-0.15, -0.1) is 0 Å². The minimum atomic E-state index is -0.289. The largest absolute Gasteiger partial charge is 0.352 e. The van der Waals surface area contributed by atoms with Crippen LogP contribution in [0.4, 0.5) is 10.1 Å². The Balaban J connectivity index is 1.23. The maximum Gasteiger partial charge on any atom is 0.227 e. The number of nitrogens with zero attached hydrogens (tertiary/aromatic N) is 3. The van der Waals surface area contributed by atoms with Gasteiger partial charge in [0, 0.05) is 40.2 Å². The van der Waals surface area contributed by atoms with Crippen LogP contribution in [0, 0.1) is 11.7 Å². The second kappa shape index (κ2) is 10.0. The zero-order chi connectivity index (χ0) is 27.1. The van der Waals surface area contributed by atoms with Crippen LogP contribution in [0.25, 0.3) is 55.4 Å². The number of H-pyrrole nitrogens is 2. The van der Waals surface area contributed by atoms with Crippen molar-refractivity contribution in [2.24, 2.45) is 5.92 Å². The van der Waals surface area contributed by atoms with Gasteiger partial charge in [0.2, 0.25) is 5.91 Å².